The minimum absolute atomic E-state index is 0.240. The van der Waals surface area contributed by atoms with Crippen LogP contribution in [0.5, 0.6) is 5.75 Å². The molecule has 100 valence electrons. The molecule has 18 heavy (non-hydrogen) atoms. The second-order valence-corrected chi connectivity index (χ2v) is 5.91. The van der Waals surface area contributed by atoms with E-state index in [1.165, 1.54) is 11.1 Å². The van der Waals surface area contributed by atoms with Crippen molar-refractivity contribution in [3.63, 3.8) is 0 Å². The number of nitrogens with one attached hydrogen (secondary N) is 1. The van der Waals surface area contributed by atoms with Crippen LogP contribution < -0.4 is 10.1 Å². The van der Waals surface area contributed by atoms with Crippen molar-refractivity contribution in [2.45, 2.75) is 44.5 Å². The molecule has 0 bridgehead atoms. The second-order valence-electron chi connectivity index (χ2n) is 5.16. The lowest BCUT2D eigenvalue weighted by molar-refractivity contribution is 0.357. The molecule has 0 fully saturated rings. The molecule has 0 amide bonds. The average Bonchev–Trinajstić information content (AvgIpc) is 2.75. The lowest BCUT2D eigenvalue weighted by Crippen LogP contribution is -2.29. The van der Waals surface area contributed by atoms with Gasteiger partial charge in [0.15, 0.2) is 0 Å². The number of rotatable bonds is 6. The number of hydrogen-bond acceptors (Lipinski definition) is 2. The predicted molar refractivity (Wildman–Crippen MR) is 76.7 cm³/mol. The number of benzene rings is 1. The Morgan fingerprint density at radius 3 is 3.00 bits per heavy atom. The molecular formula is C15H22ClNO. The van der Waals surface area contributed by atoms with Gasteiger partial charge in [-0.1, -0.05) is 12.1 Å². The Labute approximate surface area is 115 Å². The summed E-state index contributed by atoms with van der Waals surface area (Å²) in [7, 11) is 0. The van der Waals surface area contributed by atoms with E-state index >= 15 is 0 Å². The van der Waals surface area contributed by atoms with Crippen molar-refractivity contribution < 1.29 is 4.74 Å². The lowest BCUT2D eigenvalue weighted by atomic mass is 10.1. The molecule has 1 heterocycles. The molecule has 2 nitrogen and oxygen atoms in total. The summed E-state index contributed by atoms with van der Waals surface area (Å²) in [6.07, 6.45) is 3.13. The van der Waals surface area contributed by atoms with Crippen LogP contribution >= 0.6 is 11.6 Å². The maximum absolute atomic E-state index is 5.98. The molecule has 0 aromatic heterocycles. The number of hydrogen-bond donors (Lipinski definition) is 1. The summed E-state index contributed by atoms with van der Waals surface area (Å²) in [6.45, 7) is 6.07. The zero-order valence-corrected chi connectivity index (χ0v) is 12.0. The van der Waals surface area contributed by atoms with Crippen LogP contribution in [0.4, 0.5) is 0 Å². The van der Waals surface area contributed by atoms with Crippen molar-refractivity contribution in [3.05, 3.63) is 29.3 Å². The molecule has 2 atom stereocenters. The molecule has 1 aromatic rings. The summed E-state index contributed by atoms with van der Waals surface area (Å²) in [5, 5.41) is 3.75. The van der Waals surface area contributed by atoms with E-state index in [-0.39, 0.29) is 5.38 Å². The van der Waals surface area contributed by atoms with Crippen LogP contribution in [0.1, 0.15) is 31.4 Å². The smallest absolute Gasteiger partial charge is 0.122 e. The molecule has 2 rings (SSSR count). The molecule has 2 unspecified atom stereocenters. The van der Waals surface area contributed by atoms with E-state index < -0.39 is 0 Å². The summed E-state index contributed by atoms with van der Waals surface area (Å²) in [4.78, 5) is 0. The van der Waals surface area contributed by atoms with E-state index in [4.69, 9.17) is 16.3 Å². The fraction of sp³-hybridized carbons (Fsp3) is 0.600. The maximum atomic E-state index is 5.98. The van der Waals surface area contributed by atoms with Gasteiger partial charge in [0, 0.05) is 17.8 Å². The predicted octanol–water partition coefficient (Wildman–Crippen LogP) is 3.16. The first-order valence-corrected chi connectivity index (χ1v) is 7.21. The van der Waals surface area contributed by atoms with Gasteiger partial charge in [0.25, 0.3) is 0 Å². The van der Waals surface area contributed by atoms with Crippen molar-refractivity contribution in [1.82, 2.24) is 5.32 Å². The van der Waals surface area contributed by atoms with Crippen molar-refractivity contribution in [3.8, 4) is 5.75 Å². The molecule has 1 aromatic carbocycles. The Hall–Kier alpha value is -0.730. The largest absolute Gasteiger partial charge is 0.493 e. The van der Waals surface area contributed by atoms with Crippen LogP contribution in [0.3, 0.4) is 0 Å². The van der Waals surface area contributed by atoms with Gasteiger partial charge in [-0.15, -0.1) is 11.6 Å². The molecule has 0 spiro atoms. The van der Waals surface area contributed by atoms with Crippen molar-refractivity contribution in [2.24, 2.45) is 0 Å². The maximum Gasteiger partial charge on any atom is 0.122 e. The van der Waals surface area contributed by atoms with Gasteiger partial charge in [-0.3, -0.25) is 0 Å². The van der Waals surface area contributed by atoms with Gasteiger partial charge >= 0.3 is 0 Å². The quantitative estimate of drug-likeness (QED) is 0.800. The number of alkyl halides is 1. The van der Waals surface area contributed by atoms with Crippen LogP contribution in [0.2, 0.25) is 0 Å². The fourth-order valence-electron chi connectivity index (χ4n) is 2.43. The Morgan fingerprint density at radius 1 is 1.39 bits per heavy atom. The third kappa shape index (κ3) is 3.89. The van der Waals surface area contributed by atoms with Crippen LogP contribution in [-0.2, 0) is 12.8 Å². The van der Waals surface area contributed by atoms with E-state index in [1.807, 2.05) is 6.92 Å². The van der Waals surface area contributed by atoms with Crippen LogP contribution in [0.25, 0.3) is 0 Å². The number of fused-ring (bicyclic) bond motifs is 1. The van der Waals surface area contributed by atoms with Gasteiger partial charge < -0.3 is 10.1 Å². The highest BCUT2D eigenvalue weighted by atomic mass is 35.5. The Morgan fingerprint density at radius 2 is 2.22 bits per heavy atom. The third-order valence-electron chi connectivity index (χ3n) is 3.34. The first-order valence-electron chi connectivity index (χ1n) is 6.77. The van der Waals surface area contributed by atoms with Crippen LogP contribution in [0, 0.1) is 0 Å². The SMILES string of the molecule is CC(Cl)CC(C)NCCc1ccc2c(c1)CCO2. The normalized spacial score (nSPS) is 17.1. The molecule has 1 N–H and O–H groups in total. The van der Waals surface area contributed by atoms with E-state index in [0.29, 0.717) is 6.04 Å². The summed E-state index contributed by atoms with van der Waals surface area (Å²) in [5.41, 5.74) is 2.74. The van der Waals surface area contributed by atoms with Crippen LogP contribution in [0.15, 0.2) is 18.2 Å². The minimum atomic E-state index is 0.240. The molecule has 0 saturated carbocycles. The highest BCUT2D eigenvalue weighted by Gasteiger charge is 2.12. The van der Waals surface area contributed by atoms with Crippen molar-refractivity contribution in [2.75, 3.05) is 13.2 Å². The standard InChI is InChI=1S/C15H22ClNO/c1-11(16)9-12(2)17-7-5-13-3-4-15-14(10-13)6-8-18-15/h3-4,10-12,17H,5-9H2,1-2H3. The molecule has 0 aliphatic carbocycles. The summed E-state index contributed by atoms with van der Waals surface area (Å²) in [6, 6.07) is 7.02. The number of ether oxygens (including phenoxy) is 1. The van der Waals surface area contributed by atoms with E-state index in [1.54, 1.807) is 0 Å². The molecule has 1 aliphatic rings. The number of halogens is 1. The zero-order chi connectivity index (χ0) is 13.0. The van der Waals surface area contributed by atoms with E-state index in [9.17, 15) is 0 Å². The summed E-state index contributed by atoms with van der Waals surface area (Å²) >= 11 is 5.98. The van der Waals surface area contributed by atoms with Gasteiger partial charge in [0.1, 0.15) is 5.75 Å². The van der Waals surface area contributed by atoms with Gasteiger partial charge in [-0.2, -0.15) is 0 Å². The van der Waals surface area contributed by atoms with Gasteiger partial charge in [0.05, 0.1) is 6.61 Å². The average molecular weight is 268 g/mol. The topological polar surface area (TPSA) is 21.3 Å². The first kappa shape index (κ1) is 13.7. The van der Waals surface area contributed by atoms with Crippen LogP contribution in [-0.4, -0.2) is 24.6 Å². The highest BCUT2D eigenvalue weighted by Crippen LogP contribution is 2.25. The molecule has 0 radical (unpaired) electrons. The Balaban J connectivity index is 1.77. The molecule has 0 saturated heterocycles. The summed E-state index contributed by atoms with van der Waals surface area (Å²) < 4.78 is 5.51. The van der Waals surface area contributed by atoms with Crippen molar-refractivity contribution >= 4 is 11.6 Å². The zero-order valence-electron chi connectivity index (χ0n) is 11.2. The highest BCUT2D eigenvalue weighted by molar-refractivity contribution is 6.20. The Kier molecular flexibility index (Phi) is 4.90. The summed E-state index contributed by atoms with van der Waals surface area (Å²) in [5.74, 6) is 1.07. The van der Waals surface area contributed by atoms with E-state index in [2.05, 4.69) is 30.4 Å². The molecule has 1 aliphatic heterocycles. The minimum Gasteiger partial charge on any atom is -0.493 e. The third-order valence-corrected chi connectivity index (χ3v) is 3.52. The van der Waals surface area contributed by atoms with Crippen molar-refractivity contribution in [1.29, 1.82) is 0 Å². The fourth-order valence-corrected chi connectivity index (χ4v) is 2.70. The second kappa shape index (κ2) is 6.44. The molecular weight excluding hydrogens is 246 g/mol. The van der Waals surface area contributed by atoms with E-state index in [0.717, 1.165) is 38.2 Å². The molecule has 3 heteroatoms. The Bertz CT molecular complexity index is 392. The van der Waals surface area contributed by atoms with Gasteiger partial charge in [-0.25, -0.2) is 0 Å². The monoisotopic (exact) mass is 267 g/mol. The van der Waals surface area contributed by atoms with Gasteiger partial charge in [0.2, 0.25) is 0 Å². The first-order chi connectivity index (χ1) is 8.65. The van der Waals surface area contributed by atoms with Gasteiger partial charge in [-0.05, 0) is 50.4 Å². The lowest BCUT2D eigenvalue weighted by Gasteiger charge is -2.15.